The van der Waals surface area contributed by atoms with Crippen molar-refractivity contribution in [1.29, 1.82) is 0 Å². The van der Waals surface area contributed by atoms with E-state index in [2.05, 4.69) is 55.3 Å². The van der Waals surface area contributed by atoms with Crippen molar-refractivity contribution in [2.75, 3.05) is 13.7 Å². The van der Waals surface area contributed by atoms with Crippen molar-refractivity contribution < 1.29 is 4.74 Å². The molecule has 0 amide bonds. The Labute approximate surface area is 127 Å². The van der Waals surface area contributed by atoms with E-state index in [-0.39, 0.29) is 11.6 Å². The number of nitrogens with one attached hydrogen (secondary N) is 1. The summed E-state index contributed by atoms with van der Waals surface area (Å²) in [4.78, 5) is 4.22. The van der Waals surface area contributed by atoms with Crippen molar-refractivity contribution in [1.82, 2.24) is 10.3 Å². The Kier molecular flexibility index (Phi) is 5.32. The fourth-order valence-corrected chi connectivity index (χ4v) is 2.64. The van der Waals surface area contributed by atoms with Crippen LogP contribution in [-0.2, 0) is 4.74 Å². The summed E-state index contributed by atoms with van der Waals surface area (Å²) in [6.07, 6.45) is 5.85. The van der Waals surface area contributed by atoms with Gasteiger partial charge in [0, 0.05) is 30.9 Å². The zero-order valence-electron chi connectivity index (χ0n) is 13.5. The van der Waals surface area contributed by atoms with Crippen LogP contribution >= 0.6 is 0 Å². The molecule has 1 aromatic carbocycles. The zero-order chi connectivity index (χ0) is 15.3. The molecule has 0 bridgehead atoms. The number of pyridine rings is 1. The molecule has 1 heterocycles. The van der Waals surface area contributed by atoms with Gasteiger partial charge in [-0.2, -0.15) is 0 Å². The number of nitrogens with zero attached hydrogens (tertiary/aromatic N) is 1. The van der Waals surface area contributed by atoms with Crippen LogP contribution in [0.5, 0.6) is 0 Å². The average molecular weight is 286 g/mol. The summed E-state index contributed by atoms with van der Waals surface area (Å²) in [6, 6.07) is 8.82. The normalized spacial score (nSPS) is 13.5. The lowest BCUT2D eigenvalue weighted by atomic mass is 9.91. The molecule has 21 heavy (non-hydrogen) atoms. The molecule has 0 aliphatic rings. The molecular formula is C18H26N2O. The first-order valence-corrected chi connectivity index (χ1v) is 7.68. The van der Waals surface area contributed by atoms with Gasteiger partial charge in [0.25, 0.3) is 0 Å². The van der Waals surface area contributed by atoms with Gasteiger partial charge in [-0.05, 0) is 50.2 Å². The van der Waals surface area contributed by atoms with E-state index < -0.39 is 0 Å². The number of rotatable bonds is 7. The van der Waals surface area contributed by atoms with E-state index in [1.165, 1.54) is 16.3 Å². The molecule has 1 aromatic heterocycles. The van der Waals surface area contributed by atoms with Gasteiger partial charge in [0.1, 0.15) is 0 Å². The summed E-state index contributed by atoms with van der Waals surface area (Å²) in [7, 11) is 1.78. The van der Waals surface area contributed by atoms with Crippen LogP contribution in [0.3, 0.4) is 0 Å². The molecule has 1 atom stereocenters. The molecular weight excluding hydrogens is 260 g/mol. The smallest absolute Gasteiger partial charge is 0.0640 e. The molecule has 0 radical (unpaired) electrons. The van der Waals surface area contributed by atoms with Crippen molar-refractivity contribution in [3.05, 3.63) is 42.2 Å². The van der Waals surface area contributed by atoms with Gasteiger partial charge in [-0.25, -0.2) is 0 Å². The SMILES string of the molecule is CCCNC(CC(C)(C)OC)c1cccc2cnccc12. The lowest BCUT2D eigenvalue weighted by molar-refractivity contribution is 0.00697. The van der Waals surface area contributed by atoms with E-state index >= 15 is 0 Å². The molecule has 2 aromatic rings. The first-order chi connectivity index (χ1) is 10.1. The molecule has 0 fully saturated rings. The van der Waals surface area contributed by atoms with Gasteiger partial charge in [-0.3, -0.25) is 4.98 Å². The maximum Gasteiger partial charge on any atom is 0.0640 e. The standard InChI is InChI=1S/C18H26N2O/c1-5-10-20-17(12-18(2,3)21-4)16-8-6-7-14-13-19-11-9-15(14)16/h6-9,11,13,17,20H,5,10,12H2,1-4H3. The minimum atomic E-state index is -0.152. The van der Waals surface area contributed by atoms with Crippen LogP contribution in [0.25, 0.3) is 10.8 Å². The fraction of sp³-hybridized carbons (Fsp3) is 0.500. The quantitative estimate of drug-likeness (QED) is 0.832. The second-order valence-electron chi connectivity index (χ2n) is 6.12. The number of ether oxygens (including phenoxy) is 1. The third-order valence-corrected chi connectivity index (χ3v) is 3.98. The van der Waals surface area contributed by atoms with Gasteiger partial charge in [-0.1, -0.05) is 25.1 Å². The molecule has 0 aliphatic heterocycles. The number of fused-ring (bicyclic) bond motifs is 1. The molecule has 2 rings (SSSR count). The van der Waals surface area contributed by atoms with Crippen LogP contribution in [0.15, 0.2) is 36.7 Å². The number of benzene rings is 1. The monoisotopic (exact) mass is 286 g/mol. The van der Waals surface area contributed by atoms with E-state index in [0.29, 0.717) is 0 Å². The topological polar surface area (TPSA) is 34.1 Å². The van der Waals surface area contributed by atoms with Crippen molar-refractivity contribution in [2.45, 2.75) is 45.3 Å². The van der Waals surface area contributed by atoms with E-state index in [0.717, 1.165) is 19.4 Å². The van der Waals surface area contributed by atoms with Crippen molar-refractivity contribution in [2.24, 2.45) is 0 Å². The average Bonchev–Trinajstić information content (AvgIpc) is 2.51. The molecule has 3 heteroatoms. The largest absolute Gasteiger partial charge is 0.379 e. The Balaban J connectivity index is 2.38. The summed E-state index contributed by atoms with van der Waals surface area (Å²) in [5, 5.41) is 6.13. The number of hydrogen-bond acceptors (Lipinski definition) is 3. The van der Waals surface area contributed by atoms with Gasteiger partial charge in [0.05, 0.1) is 5.60 Å². The Morgan fingerprint density at radius 1 is 1.29 bits per heavy atom. The summed E-state index contributed by atoms with van der Waals surface area (Å²) in [6.45, 7) is 7.48. The number of methoxy groups -OCH3 is 1. The highest BCUT2D eigenvalue weighted by molar-refractivity contribution is 5.85. The predicted octanol–water partition coefficient (Wildman–Crippen LogP) is 4.09. The van der Waals surface area contributed by atoms with E-state index in [4.69, 9.17) is 4.74 Å². The van der Waals surface area contributed by atoms with Crippen molar-refractivity contribution in [3.63, 3.8) is 0 Å². The summed E-state index contributed by atoms with van der Waals surface area (Å²) >= 11 is 0. The Morgan fingerprint density at radius 3 is 2.81 bits per heavy atom. The molecule has 1 unspecified atom stereocenters. The van der Waals surface area contributed by atoms with Gasteiger partial charge in [0.15, 0.2) is 0 Å². The fourth-order valence-electron chi connectivity index (χ4n) is 2.64. The predicted molar refractivity (Wildman–Crippen MR) is 88.5 cm³/mol. The molecule has 0 aliphatic carbocycles. The van der Waals surface area contributed by atoms with Gasteiger partial charge < -0.3 is 10.1 Å². The molecule has 0 saturated carbocycles. The van der Waals surface area contributed by atoms with Crippen LogP contribution in [-0.4, -0.2) is 24.2 Å². The molecule has 0 saturated heterocycles. The van der Waals surface area contributed by atoms with Crippen LogP contribution in [0.1, 0.15) is 45.2 Å². The highest BCUT2D eigenvalue weighted by Gasteiger charge is 2.24. The second kappa shape index (κ2) is 7.01. The van der Waals surface area contributed by atoms with Crippen molar-refractivity contribution >= 4 is 10.8 Å². The van der Waals surface area contributed by atoms with E-state index in [1.807, 2.05) is 12.4 Å². The molecule has 1 N–H and O–H groups in total. The molecule has 3 nitrogen and oxygen atoms in total. The van der Waals surface area contributed by atoms with Crippen LogP contribution in [0.4, 0.5) is 0 Å². The van der Waals surface area contributed by atoms with Gasteiger partial charge in [-0.15, -0.1) is 0 Å². The Morgan fingerprint density at radius 2 is 2.10 bits per heavy atom. The van der Waals surface area contributed by atoms with Crippen LogP contribution in [0, 0.1) is 0 Å². The third kappa shape index (κ3) is 4.02. The lowest BCUT2D eigenvalue weighted by Gasteiger charge is -2.30. The van der Waals surface area contributed by atoms with Crippen LogP contribution in [0.2, 0.25) is 0 Å². The number of aromatic nitrogens is 1. The molecule has 114 valence electrons. The highest BCUT2D eigenvalue weighted by Crippen LogP contribution is 2.30. The van der Waals surface area contributed by atoms with Gasteiger partial charge >= 0.3 is 0 Å². The maximum absolute atomic E-state index is 5.63. The highest BCUT2D eigenvalue weighted by atomic mass is 16.5. The summed E-state index contributed by atoms with van der Waals surface area (Å²) in [5.74, 6) is 0. The second-order valence-corrected chi connectivity index (χ2v) is 6.12. The van der Waals surface area contributed by atoms with E-state index in [1.54, 1.807) is 7.11 Å². The first kappa shape index (κ1) is 15.9. The molecule has 0 spiro atoms. The zero-order valence-corrected chi connectivity index (χ0v) is 13.5. The van der Waals surface area contributed by atoms with Crippen LogP contribution < -0.4 is 5.32 Å². The Bertz CT molecular complexity index is 575. The minimum Gasteiger partial charge on any atom is -0.379 e. The summed E-state index contributed by atoms with van der Waals surface area (Å²) in [5.41, 5.74) is 1.18. The maximum atomic E-state index is 5.63. The number of hydrogen-bond donors (Lipinski definition) is 1. The van der Waals surface area contributed by atoms with E-state index in [9.17, 15) is 0 Å². The third-order valence-electron chi connectivity index (χ3n) is 3.98. The van der Waals surface area contributed by atoms with Gasteiger partial charge in [0.2, 0.25) is 0 Å². The summed E-state index contributed by atoms with van der Waals surface area (Å²) < 4.78 is 5.63. The Hall–Kier alpha value is -1.45. The minimum absolute atomic E-state index is 0.152. The lowest BCUT2D eigenvalue weighted by Crippen LogP contribution is -2.32. The first-order valence-electron chi connectivity index (χ1n) is 7.68. The van der Waals surface area contributed by atoms with Crippen molar-refractivity contribution in [3.8, 4) is 0 Å².